The molecule has 2 aromatic rings. The van der Waals surface area contributed by atoms with Gasteiger partial charge < -0.3 is 9.94 Å². The van der Waals surface area contributed by atoms with Crippen molar-refractivity contribution in [1.29, 1.82) is 0 Å². The van der Waals surface area contributed by atoms with E-state index >= 15 is 0 Å². The third-order valence-corrected chi connectivity index (χ3v) is 2.79. The van der Waals surface area contributed by atoms with Gasteiger partial charge in [-0.1, -0.05) is 28.1 Å². The molecule has 0 saturated heterocycles. The van der Waals surface area contributed by atoms with Crippen LogP contribution in [0, 0.1) is 5.21 Å². The molecule has 92 valence electrons. The van der Waals surface area contributed by atoms with Gasteiger partial charge in [0.1, 0.15) is 6.61 Å². The molecule has 0 unspecified atom stereocenters. The van der Waals surface area contributed by atoms with Gasteiger partial charge in [-0.25, -0.2) is 4.79 Å². The molecule has 0 fully saturated rings. The van der Waals surface area contributed by atoms with Gasteiger partial charge in [-0.3, -0.25) is 0 Å². The number of halogens is 1. The van der Waals surface area contributed by atoms with E-state index in [1.165, 1.54) is 24.5 Å². The molecule has 0 bridgehead atoms. The average Bonchev–Trinajstić information content (AvgIpc) is 2.37. The van der Waals surface area contributed by atoms with Crippen LogP contribution in [0.4, 0.5) is 0 Å². The van der Waals surface area contributed by atoms with Crippen LogP contribution in [0.25, 0.3) is 0 Å². The highest BCUT2D eigenvalue weighted by Crippen LogP contribution is 2.13. The standard InChI is InChI=1S/C13H10BrNO3/c14-12-3-1-2-10(8-12)9-18-13(16)11-4-6-15(17)7-5-11/h1-8H,9H2. The van der Waals surface area contributed by atoms with Crippen LogP contribution < -0.4 is 4.73 Å². The minimum absolute atomic E-state index is 0.199. The summed E-state index contributed by atoms with van der Waals surface area (Å²) >= 11 is 3.34. The third kappa shape index (κ3) is 3.30. The van der Waals surface area contributed by atoms with Gasteiger partial charge in [0.15, 0.2) is 12.4 Å². The highest BCUT2D eigenvalue weighted by atomic mass is 79.9. The zero-order valence-electron chi connectivity index (χ0n) is 9.38. The van der Waals surface area contributed by atoms with E-state index in [-0.39, 0.29) is 6.61 Å². The van der Waals surface area contributed by atoms with E-state index in [4.69, 9.17) is 4.74 Å². The second-order valence-corrected chi connectivity index (χ2v) is 4.57. The minimum Gasteiger partial charge on any atom is -0.619 e. The summed E-state index contributed by atoms with van der Waals surface area (Å²) in [6, 6.07) is 10.4. The zero-order chi connectivity index (χ0) is 13.0. The quantitative estimate of drug-likeness (QED) is 0.497. The van der Waals surface area contributed by atoms with E-state index in [9.17, 15) is 10.0 Å². The lowest BCUT2D eigenvalue weighted by molar-refractivity contribution is -0.605. The Hall–Kier alpha value is -1.88. The molecule has 0 saturated carbocycles. The Bertz CT molecular complexity index is 554. The van der Waals surface area contributed by atoms with Gasteiger partial charge in [-0.05, 0) is 17.7 Å². The van der Waals surface area contributed by atoms with E-state index in [1.54, 1.807) is 0 Å². The van der Waals surface area contributed by atoms with E-state index in [0.717, 1.165) is 10.0 Å². The monoisotopic (exact) mass is 307 g/mol. The van der Waals surface area contributed by atoms with E-state index in [2.05, 4.69) is 15.9 Å². The summed E-state index contributed by atoms with van der Waals surface area (Å²) in [6.45, 7) is 0.199. The predicted molar refractivity (Wildman–Crippen MR) is 68.7 cm³/mol. The van der Waals surface area contributed by atoms with Crippen LogP contribution in [0.15, 0.2) is 53.3 Å². The maximum atomic E-state index is 11.7. The van der Waals surface area contributed by atoms with Gasteiger partial charge in [-0.15, -0.1) is 0 Å². The molecule has 0 amide bonds. The van der Waals surface area contributed by atoms with E-state index < -0.39 is 5.97 Å². The Morgan fingerprint density at radius 2 is 2.00 bits per heavy atom. The summed E-state index contributed by atoms with van der Waals surface area (Å²) in [5.41, 5.74) is 1.25. The number of ether oxygens (including phenoxy) is 1. The highest BCUT2D eigenvalue weighted by Gasteiger charge is 2.08. The van der Waals surface area contributed by atoms with Crippen LogP contribution in [0.2, 0.25) is 0 Å². The second kappa shape index (κ2) is 5.64. The Morgan fingerprint density at radius 3 is 2.67 bits per heavy atom. The molecule has 4 nitrogen and oxygen atoms in total. The van der Waals surface area contributed by atoms with Gasteiger partial charge in [-0.2, -0.15) is 4.73 Å². The van der Waals surface area contributed by atoms with Crippen molar-refractivity contribution in [2.75, 3.05) is 0 Å². The van der Waals surface area contributed by atoms with Gasteiger partial charge in [0.05, 0.1) is 5.56 Å². The Kier molecular flexibility index (Phi) is 3.94. The van der Waals surface area contributed by atoms with Crippen molar-refractivity contribution < 1.29 is 14.3 Å². The third-order valence-electron chi connectivity index (χ3n) is 2.30. The zero-order valence-corrected chi connectivity index (χ0v) is 11.0. The minimum atomic E-state index is -0.449. The first-order valence-electron chi connectivity index (χ1n) is 5.25. The van der Waals surface area contributed by atoms with Crippen LogP contribution in [-0.2, 0) is 11.3 Å². The molecule has 5 heteroatoms. The van der Waals surface area contributed by atoms with Crippen LogP contribution in [-0.4, -0.2) is 5.97 Å². The normalized spacial score (nSPS) is 10.1. The Balaban J connectivity index is 1.98. The second-order valence-electron chi connectivity index (χ2n) is 3.65. The first-order chi connectivity index (χ1) is 8.65. The fourth-order valence-corrected chi connectivity index (χ4v) is 1.85. The Labute approximate surface area is 113 Å². The molecule has 18 heavy (non-hydrogen) atoms. The van der Waals surface area contributed by atoms with Crippen molar-refractivity contribution in [3.63, 3.8) is 0 Å². The van der Waals surface area contributed by atoms with Crippen molar-refractivity contribution >= 4 is 21.9 Å². The number of nitrogens with zero attached hydrogens (tertiary/aromatic N) is 1. The number of hydrogen-bond acceptors (Lipinski definition) is 3. The molecule has 0 atom stereocenters. The molecule has 1 heterocycles. The predicted octanol–water partition coefficient (Wildman–Crippen LogP) is 2.44. The summed E-state index contributed by atoms with van der Waals surface area (Å²) < 4.78 is 6.69. The smallest absolute Gasteiger partial charge is 0.338 e. The molecule has 2 rings (SSSR count). The molecule has 1 aromatic heterocycles. The number of carbonyl (C=O) groups excluding carboxylic acids is 1. The maximum absolute atomic E-state index is 11.7. The lowest BCUT2D eigenvalue weighted by Crippen LogP contribution is -2.24. The SMILES string of the molecule is O=C(OCc1cccc(Br)c1)c1cc[n+]([O-])cc1. The number of rotatable bonds is 3. The van der Waals surface area contributed by atoms with Crippen LogP contribution >= 0.6 is 15.9 Å². The fraction of sp³-hybridized carbons (Fsp3) is 0.0769. The molecule has 0 aliphatic carbocycles. The number of aromatic nitrogens is 1. The van der Waals surface area contributed by atoms with E-state index in [1.807, 2.05) is 24.3 Å². The number of carbonyl (C=O) groups is 1. The number of pyridine rings is 1. The van der Waals surface area contributed by atoms with Gasteiger partial charge in [0.25, 0.3) is 0 Å². The largest absolute Gasteiger partial charge is 0.619 e. The summed E-state index contributed by atoms with van der Waals surface area (Å²) in [5, 5.41) is 10.8. The van der Waals surface area contributed by atoms with Gasteiger partial charge in [0, 0.05) is 16.6 Å². The van der Waals surface area contributed by atoms with Crippen LogP contribution in [0.3, 0.4) is 0 Å². The first kappa shape index (κ1) is 12.6. The van der Waals surface area contributed by atoms with Gasteiger partial charge >= 0.3 is 5.97 Å². The van der Waals surface area contributed by atoms with Gasteiger partial charge in [0.2, 0.25) is 0 Å². The fourth-order valence-electron chi connectivity index (χ4n) is 1.41. The molecule has 0 aliphatic heterocycles. The summed E-state index contributed by atoms with van der Waals surface area (Å²) in [4.78, 5) is 11.7. The van der Waals surface area contributed by atoms with Crippen molar-refractivity contribution in [3.05, 3.63) is 69.6 Å². The molecule has 0 spiro atoms. The lowest BCUT2D eigenvalue weighted by Gasteiger charge is -2.05. The molecule has 1 aromatic carbocycles. The summed E-state index contributed by atoms with van der Waals surface area (Å²) in [5.74, 6) is -0.449. The van der Waals surface area contributed by atoms with Crippen LogP contribution in [0.5, 0.6) is 0 Å². The summed E-state index contributed by atoms with van der Waals surface area (Å²) in [6.07, 6.45) is 2.52. The topological polar surface area (TPSA) is 53.2 Å². The van der Waals surface area contributed by atoms with Crippen molar-refractivity contribution in [1.82, 2.24) is 0 Å². The van der Waals surface area contributed by atoms with Crippen molar-refractivity contribution in [2.24, 2.45) is 0 Å². The molecule has 0 aliphatic rings. The number of benzene rings is 1. The Morgan fingerprint density at radius 1 is 1.28 bits per heavy atom. The molecule has 0 radical (unpaired) electrons. The number of esters is 1. The van der Waals surface area contributed by atoms with Crippen molar-refractivity contribution in [3.8, 4) is 0 Å². The highest BCUT2D eigenvalue weighted by molar-refractivity contribution is 9.10. The first-order valence-corrected chi connectivity index (χ1v) is 6.05. The van der Waals surface area contributed by atoms with Crippen molar-refractivity contribution in [2.45, 2.75) is 6.61 Å². The van der Waals surface area contributed by atoms with E-state index in [0.29, 0.717) is 10.3 Å². The maximum Gasteiger partial charge on any atom is 0.338 e. The molecular formula is C13H10BrNO3. The lowest BCUT2D eigenvalue weighted by atomic mass is 10.2. The molecule has 0 N–H and O–H groups in total. The summed E-state index contributed by atoms with van der Waals surface area (Å²) in [7, 11) is 0. The van der Waals surface area contributed by atoms with Crippen LogP contribution in [0.1, 0.15) is 15.9 Å². The average molecular weight is 308 g/mol. The number of hydrogen-bond donors (Lipinski definition) is 0. The molecular weight excluding hydrogens is 298 g/mol.